The molecule has 0 saturated heterocycles. The van der Waals surface area contributed by atoms with Gasteiger partial charge in [0.2, 0.25) is 5.91 Å². The van der Waals surface area contributed by atoms with E-state index in [0.29, 0.717) is 10.0 Å². The second-order valence-electron chi connectivity index (χ2n) is 3.99. The van der Waals surface area contributed by atoms with Gasteiger partial charge in [-0.1, -0.05) is 29.3 Å². The summed E-state index contributed by atoms with van der Waals surface area (Å²) in [4.78, 5) is 11.6. The fourth-order valence-corrected chi connectivity index (χ4v) is 2.44. The van der Waals surface area contributed by atoms with Crippen molar-refractivity contribution in [2.24, 2.45) is 5.92 Å². The minimum Gasteiger partial charge on any atom is -0.343 e. The first-order valence-electron chi connectivity index (χ1n) is 5.23. The third kappa shape index (κ3) is 2.71. The van der Waals surface area contributed by atoms with E-state index in [2.05, 4.69) is 5.32 Å². The van der Waals surface area contributed by atoms with Crippen LogP contribution in [0, 0.1) is 17.2 Å². The van der Waals surface area contributed by atoms with Gasteiger partial charge in [-0.2, -0.15) is 5.26 Å². The van der Waals surface area contributed by atoms with Gasteiger partial charge in [0.1, 0.15) is 6.54 Å². The Hall–Kier alpha value is -1.24. The number of halogens is 2. The molecule has 0 aliphatic heterocycles. The zero-order valence-electron chi connectivity index (χ0n) is 8.91. The van der Waals surface area contributed by atoms with E-state index in [9.17, 15) is 4.79 Å². The lowest BCUT2D eigenvalue weighted by atomic mass is 10.1. The predicted molar refractivity (Wildman–Crippen MR) is 65.9 cm³/mol. The maximum Gasteiger partial charge on any atom is 0.224 e. The van der Waals surface area contributed by atoms with E-state index >= 15 is 0 Å². The van der Waals surface area contributed by atoms with E-state index in [0.717, 1.165) is 12.0 Å². The minimum absolute atomic E-state index is 0.0520. The molecule has 2 atom stereocenters. The summed E-state index contributed by atoms with van der Waals surface area (Å²) in [5.41, 5.74) is 0.952. The molecule has 3 nitrogen and oxygen atoms in total. The Morgan fingerprint density at radius 3 is 2.94 bits per heavy atom. The fraction of sp³-hybridized carbons (Fsp3) is 0.333. The molecule has 1 saturated carbocycles. The summed E-state index contributed by atoms with van der Waals surface area (Å²) in [5, 5.41) is 12.1. The SMILES string of the molecule is N#CCNC(=O)C1CC1c1ccc(Cl)cc1Cl. The van der Waals surface area contributed by atoms with Crippen LogP contribution in [0.15, 0.2) is 18.2 Å². The van der Waals surface area contributed by atoms with Crippen LogP contribution in [0.2, 0.25) is 10.0 Å². The van der Waals surface area contributed by atoms with Crippen LogP contribution in [0.4, 0.5) is 0 Å². The Balaban J connectivity index is 2.03. The summed E-state index contributed by atoms with van der Waals surface area (Å²) in [6.45, 7) is 0.0520. The standard InChI is InChI=1S/C12H10Cl2N2O/c13-7-1-2-8(11(14)5-7)9-6-10(9)12(17)16-4-3-15/h1-2,5,9-10H,4,6H2,(H,16,17). The number of hydrogen-bond acceptors (Lipinski definition) is 2. The number of nitrogens with zero attached hydrogens (tertiary/aromatic N) is 1. The van der Waals surface area contributed by atoms with Crippen molar-refractivity contribution in [2.75, 3.05) is 6.54 Å². The highest BCUT2D eigenvalue weighted by molar-refractivity contribution is 6.35. The van der Waals surface area contributed by atoms with Crippen molar-refractivity contribution < 1.29 is 4.79 Å². The predicted octanol–water partition coefficient (Wildman–Crippen LogP) is 2.74. The highest BCUT2D eigenvalue weighted by Gasteiger charge is 2.44. The molecule has 0 radical (unpaired) electrons. The van der Waals surface area contributed by atoms with Gasteiger partial charge in [-0.3, -0.25) is 4.79 Å². The highest BCUT2D eigenvalue weighted by atomic mass is 35.5. The van der Waals surface area contributed by atoms with Crippen LogP contribution in [-0.4, -0.2) is 12.5 Å². The molecule has 2 rings (SSSR count). The molecule has 0 aromatic heterocycles. The Morgan fingerprint density at radius 1 is 1.53 bits per heavy atom. The molecule has 0 bridgehead atoms. The van der Waals surface area contributed by atoms with Gasteiger partial charge in [-0.25, -0.2) is 0 Å². The number of rotatable bonds is 3. The van der Waals surface area contributed by atoms with Gasteiger partial charge >= 0.3 is 0 Å². The lowest BCUT2D eigenvalue weighted by Crippen LogP contribution is -2.25. The maximum absolute atomic E-state index is 11.6. The molecule has 1 fully saturated rings. The van der Waals surface area contributed by atoms with Gasteiger partial charge in [0, 0.05) is 16.0 Å². The normalized spacial score (nSPS) is 21.7. The molecular formula is C12H10Cl2N2O. The second kappa shape index (κ2) is 4.95. The first kappa shape index (κ1) is 12.2. The summed E-state index contributed by atoms with van der Waals surface area (Å²) in [5.74, 6) is 0.00283. The number of benzene rings is 1. The van der Waals surface area contributed by atoms with Gasteiger partial charge in [-0.05, 0) is 30.0 Å². The number of carbonyl (C=O) groups excluding carboxylic acids is 1. The van der Waals surface area contributed by atoms with E-state index in [1.807, 2.05) is 12.1 Å². The summed E-state index contributed by atoms with van der Waals surface area (Å²) in [6, 6.07) is 7.18. The summed E-state index contributed by atoms with van der Waals surface area (Å²) in [6.07, 6.45) is 0.776. The minimum atomic E-state index is -0.0810. The molecular weight excluding hydrogens is 259 g/mol. The monoisotopic (exact) mass is 268 g/mol. The lowest BCUT2D eigenvalue weighted by Gasteiger charge is -2.04. The second-order valence-corrected chi connectivity index (χ2v) is 4.83. The van der Waals surface area contributed by atoms with E-state index in [4.69, 9.17) is 28.5 Å². The van der Waals surface area contributed by atoms with Crippen molar-refractivity contribution in [3.05, 3.63) is 33.8 Å². The Labute approximate surface area is 109 Å². The smallest absolute Gasteiger partial charge is 0.224 e. The van der Waals surface area contributed by atoms with Gasteiger partial charge in [0.15, 0.2) is 0 Å². The topological polar surface area (TPSA) is 52.9 Å². The van der Waals surface area contributed by atoms with Gasteiger partial charge in [-0.15, -0.1) is 0 Å². The van der Waals surface area contributed by atoms with Crippen LogP contribution in [0.1, 0.15) is 17.9 Å². The first-order valence-corrected chi connectivity index (χ1v) is 5.98. The van der Waals surface area contributed by atoms with Crippen molar-refractivity contribution in [1.82, 2.24) is 5.32 Å². The Morgan fingerprint density at radius 2 is 2.29 bits per heavy atom. The third-order valence-corrected chi connectivity index (χ3v) is 3.39. The lowest BCUT2D eigenvalue weighted by molar-refractivity contribution is -0.122. The molecule has 1 N–H and O–H groups in total. The van der Waals surface area contributed by atoms with Crippen LogP contribution in [0.25, 0.3) is 0 Å². The largest absolute Gasteiger partial charge is 0.343 e. The average Bonchev–Trinajstić information content (AvgIpc) is 3.06. The molecule has 1 aliphatic carbocycles. The van der Waals surface area contributed by atoms with Crippen LogP contribution >= 0.6 is 23.2 Å². The average molecular weight is 269 g/mol. The molecule has 0 heterocycles. The quantitative estimate of drug-likeness (QED) is 0.858. The zero-order chi connectivity index (χ0) is 12.4. The summed E-state index contributed by atoms with van der Waals surface area (Å²) in [7, 11) is 0. The van der Waals surface area contributed by atoms with Gasteiger partial charge in [0.25, 0.3) is 0 Å². The molecule has 5 heteroatoms. The first-order chi connectivity index (χ1) is 8.13. The number of nitriles is 1. The molecule has 1 aliphatic rings. The molecule has 1 amide bonds. The number of carbonyl (C=O) groups is 1. The third-order valence-electron chi connectivity index (χ3n) is 2.83. The molecule has 88 valence electrons. The Bertz CT molecular complexity index is 496. The van der Waals surface area contributed by atoms with E-state index in [1.54, 1.807) is 12.1 Å². The van der Waals surface area contributed by atoms with E-state index < -0.39 is 0 Å². The van der Waals surface area contributed by atoms with E-state index in [-0.39, 0.29) is 24.3 Å². The molecule has 1 aromatic carbocycles. The van der Waals surface area contributed by atoms with Gasteiger partial charge < -0.3 is 5.32 Å². The van der Waals surface area contributed by atoms with Crippen molar-refractivity contribution in [3.8, 4) is 6.07 Å². The van der Waals surface area contributed by atoms with Gasteiger partial charge in [0.05, 0.1) is 6.07 Å². The van der Waals surface area contributed by atoms with Crippen LogP contribution in [0.5, 0.6) is 0 Å². The maximum atomic E-state index is 11.6. The molecule has 17 heavy (non-hydrogen) atoms. The molecule has 1 aromatic rings. The molecule has 0 spiro atoms. The molecule has 2 unspecified atom stereocenters. The Kier molecular flexibility index (Phi) is 3.56. The van der Waals surface area contributed by atoms with Crippen molar-refractivity contribution >= 4 is 29.1 Å². The number of hydrogen-bond donors (Lipinski definition) is 1. The summed E-state index contributed by atoms with van der Waals surface area (Å²) < 4.78 is 0. The van der Waals surface area contributed by atoms with Crippen molar-refractivity contribution in [3.63, 3.8) is 0 Å². The zero-order valence-corrected chi connectivity index (χ0v) is 10.4. The van der Waals surface area contributed by atoms with Crippen molar-refractivity contribution in [2.45, 2.75) is 12.3 Å². The van der Waals surface area contributed by atoms with Crippen LogP contribution in [-0.2, 0) is 4.79 Å². The van der Waals surface area contributed by atoms with Crippen LogP contribution < -0.4 is 5.32 Å². The van der Waals surface area contributed by atoms with Crippen LogP contribution in [0.3, 0.4) is 0 Å². The fourth-order valence-electron chi connectivity index (χ4n) is 1.89. The summed E-state index contributed by atoms with van der Waals surface area (Å²) >= 11 is 11.9. The number of nitrogens with one attached hydrogen (secondary N) is 1. The van der Waals surface area contributed by atoms with Crippen molar-refractivity contribution in [1.29, 1.82) is 5.26 Å². The van der Waals surface area contributed by atoms with E-state index in [1.165, 1.54) is 0 Å². The highest BCUT2D eigenvalue weighted by Crippen LogP contribution is 2.49. The number of amides is 1.